The molecule has 14 heavy (non-hydrogen) atoms. The minimum Gasteiger partial charge on any atom is -0.118 e. The van der Waals surface area contributed by atoms with Crippen LogP contribution in [0.3, 0.4) is 0 Å². The normalized spacial score (nSPS) is 12.1. The monoisotopic (exact) mass is 214 g/mol. The van der Waals surface area contributed by atoms with Crippen LogP contribution in [0.5, 0.6) is 0 Å². The number of allylic oxidation sites excluding steroid dienone is 2. The highest BCUT2D eigenvalue weighted by Crippen LogP contribution is 2.14. The molecule has 0 radical (unpaired) electrons. The van der Waals surface area contributed by atoms with E-state index in [2.05, 4.69) is 26.0 Å². The SMILES string of the molecule is CC=CCPCCCCCCCCC. The van der Waals surface area contributed by atoms with E-state index in [9.17, 15) is 0 Å². The van der Waals surface area contributed by atoms with Crippen molar-refractivity contribution in [1.82, 2.24) is 0 Å². The van der Waals surface area contributed by atoms with Crippen LogP contribution in [0.4, 0.5) is 0 Å². The molecule has 0 bridgehead atoms. The van der Waals surface area contributed by atoms with E-state index in [4.69, 9.17) is 0 Å². The molecule has 84 valence electrons. The molecule has 0 heterocycles. The molecule has 0 aliphatic rings. The molecule has 0 rings (SSSR count). The third-order valence-electron chi connectivity index (χ3n) is 2.45. The fraction of sp³-hybridized carbons (Fsp3) is 0.846. The minimum atomic E-state index is 1.16. The average molecular weight is 214 g/mol. The van der Waals surface area contributed by atoms with Crippen LogP contribution in [-0.2, 0) is 0 Å². The van der Waals surface area contributed by atoms with Crippen LogP contribution in [0.25, 0.3) is 0 Å². The number of unbranched alkanes of at least 4 members (excludes halogenated alkanes) is 6. The van der Waals surface area contributed by atoms with Crippen molar-refractivity contribution >= 4 is 8.58 Å². The fourth-order valence-electron chi connectivity index (χ4n) is 1.51. The second kappa shape index (κ2) is 13.2. The molecule has 1 unspecified atom stereocenters. The molecule has 0 saturated carbocycles. The lowest BCUT2D eigenvalue weighted by molar-refractivity contribution is 0.603. The molecule has 0 amide bonds. The Bertz CT molecular complexity index is 118. The fourth-order valence-corrected chi connectivity index (χ4v) is 2.62. The summed E-state index contributed by atoms with van der Waals surface area (Å²) in [7, 11) is 1.16. The van der Waals surface area contributed by atoms with Gasteiger partial charge in [0.05, 0.1) is 0 Å². The van der Waals surface area contributed by atoms with Gasteiger partial charge in [-0.15, -0.1) is 8.58 Å². The van der Waals surface area contributed by atoms with Gasteiger partial charge < -0.3 is 0 Å². The predicted octanol–water partition coefficient (Wildman–Crippen LogP) is 4.99. The zero-order valence-corrected chi connectivity index (χ0v) is 11.0. The molecule has 0 aliphatic carbocycles. The van der Waals surface area contributed by atoms with Gasteiger partial charge in [-0.25, -0.2) is 0 Å². The quantitative estimate of drug-likeness (QED) is 0.273. The molecule has 0 spiro atoms. The van der Waals surface area contributed by atoms with Crippen LogP contribution in [0.2, 0.25) is 0 Å². The summed E-state index contributed by atoms with van der Waals surface area (Å²) in [5.74, 6) is 0. The Hall–Kier alpha value is 0.170. The van der Waals surface area contributed by atoms with E-state index in [1.807, 2.05) is 0 Å². The standard InChI is InChI=1S/C13H27P/c1-3-5-7-8-9-10-11-13-14-12-6-4-2/h4,6,14H,3,5,7-13H2,1-2H3. The van der Waals surface area contributed by atoms with E-state index in [1.54, 1.807) is 0 Å². The smallest absolute Gasteiger partial charge is 0.0172 e. The maximum absolute atomic E-state index is 2.29. The molecule has 0 N–H and O–H groups in total. The molecule has 0 aromatic heterocycles. The van der Waals surface area contributed by atoms with Gasteiger partial charge in [0.15, 0.2) is 0 Å². The van der Waals surface area contributed by atoms with Crippen molar-refractivity contribution in [2.45, 2.75) is 58.8 Å². The summed E-state index contributed by atoms with van der Waals surface area (Å²) >= 11 is 0. The maximum Gasteiger partial charge on any atom is -0.0172 e. The second-order valence-corrected chi connectivity index (χ2v) is 5.30. The Morgan fingerprint density at radius 2 is 1.57 bits per heavy atom. The van der Waals surface area contributed by atoms with E-state index in [-0.39, 0.29) is 0 Å². The number of hydrogen-bond acceptors (Lipinski definition) is 0. The van der Waals surface area contributed by atoms with Gasteiger partial charge in [-0.1, -0.05) is 57.6 Å². The molecular weight excluding hydrogens is 187 g/mol. The molecular formula is C13H27P. The summed E-state index contributed by atoms with van der Waals surface area (Å²) in [4.78, 5) is 0. The first kappa shape index (κ1) is 14.2. The van der Waals surface area contributed by atoms with Gasteiger partial charge in [-0.2, -0.15) is 0 Å². The lowest BCUT2D eigenvalue weighted by atomic mass is 10.1. The van der Waals surface area contributed by atoms with Crippen LogP contribution in [0.1, 0.15) is 58.8 Å². The van der Waals surface area contributed by atoms with Crippen LogP contribution in [0, 0.1) is 0 Å². The highest BCUT2D eigenvalue weighted by Gasteiger charge is 1.90. The predicted molar refractivity (Wildman–Crippen MR) is 70.9 cm³/mol. The summed E-state index contributed by atoms with van der Waals surface area (Å²) in [6.45, 7) is 4.39. The number of rotatable bonds is 10. The second-order valence-electron chi connectivity index (χ2n) is 3.89. The summed E-state index contributed by atoms with van der Waals surface area (Å²) in [6.07, 6.45) is 17.3. The van der Waals surface area contributed by atoms with Gasteiger partial charge >= 0.3 is 0 Å². The molecule has 0 aromatic rings. The Balaban J connectivity index is 2.85. The van der Waals surface area contributed by atoms with Gasteiger partial charge in [0.2, 0.25) is 0 Å². The minimum absolute atomic E-state index is 1.16. The lowest BCUT2D eigenvalue weighted by Crippen LogP contribution is -1.82. The van der Waals surface area contributed by atoms with E-state index < -0.39 is 0 Å². The van der Waals surface area contributed by atoms with Gasteiger partial charge in [0, 0.05) is 0 Å². The summed E-state index contributed by atoms with van der Waals surface area (Å²) in [6, 6.07) is 0. The molecule has 1 heteroatoms. The van der Waals surface area contributed by atoms with Crippen molar-refractivity contribution in [3.63, 3.8) is 0 Å². The van der Waals surface area contributed by atoms with Crippen molar-refractivity contribution in [3.8, 4) is 0 Å². The Morgan fingerprint density at radius 3 is 2.21 bits per heavy atom. The van der Waals surface area contributed by atoms with E-state index >= 15 is 0 Å². The van der Waals surface area contributed by atoms with Crippen molar-refractivity contribution < 1.29 is 0 Å². The molecule has 0 saturated heterocycles. The third kappa shape index (κ3) is 12.2. The number of hydrogen-bond donors (Lipinski definition) is 0. The van der Waals surface area contributed by atoms with E-state index in [0.717, 1.165) is 8.58 Å². The summed E-state index contributed by atoms with van der Waals surface area (Å²) in [5, 5.41) is 0. The maximum atomic E-state index is 2.29. The molecule has 0 aromatic carbocycles. The van der Waals surface area contributed by atoms with Gasteiger partial charge in [0.25, 0.3) is 0 Å². The zero-order valence-electron chi connectivity index (χ0n) is 10.0. The van der Waals surface area contributed by atoms with E-state index in [1.165, 1.54) is 57.3 Å². The molecule has 0 nitrogen and oxygen atoms in total. The van der Waals surface area contributed by atoms with Crippen molar-refractivity contribution in [1.29, 1.82) is 0 Å². The van der Waals surface area contributed by atoms with Crippen molar-refractivity contribution in [3.05, 3.63) is 12.2 Å². The Morgan fingerprint density at radius 1 is 0.929 bits per heavy atom. The van der Waals surface area contributed by atoms with Crippen molar-refractivity contribution in [2.24, 2.45) is 0 Å². The first-order valence-corrected chi connectivity index (χ1v) is 7.65. The topological polar surface area (TPSA) is 0 Å². The Kier molecular flexibility index (Phi) is 13.3. The third-order valence-corrected chi connectivity index (χ3v) is 3.69. The van der Waals surface area contributed by atoms with Crippen LogP contribution < -0.4 is 0 Å². The van der Waals surface area contributed by atoms with Gasteiger partial charge in [-0.3, -0.25) is 0 Å². The summed E-state index contributed by atoms with van der Waals surface area (Å²) < 4.78 is 0. The first-order chi connectivity index (χ1) is 6.91. The lowest BCUT2D eigenvalue weighted by Gasteiger charge is -2.00. The highest BCUT2D eigenvalue weighted by molar-refractivity contribution is 7.38. The summed E-state index contributed by atoms with van der Waals surface area (Å²) in [5.41, 5.74) is 0. The highest BCUT2D eigenvalue weighted by atomic mass is 31.1. The Labute approximate surface area is 92.3 Å². The average Bonchev–Trinajstić information content (AvgIpc) is 2.21. The van der Waals surface area contributed by atoms with Crippen LogP contribution in [0.15, 0.2) is 12.2 Å². The van der Waals surface area contributed by atoms with Crippen LogP contribution >= 0.6 is 8.58 Å². The molecule has 0 aliphatic heterocycles. The van der Waals surface area contributed by atoms with Crippen molar-refractivity contribution in [2.75, 3.05) is 12.3 Å². The van der Waals surface area contributed by atoms with E-state index in [0.29, 0.717) is 0 Å². The first-order valence-electron chi connectivity index (χ1n) is 6.23. The molecule has 0 fully saturated rings. The molecule has 1 atom stereocenters. The van der Waals surface area contributed by atoms with Gasteiger partial charge in [0.1, 0.15) is 0 Å². The largest absolute Gasteiger partial charge is 0.118 e. The van der Waals surface area contributed by atoms with Gasteiger partial charge in [-0.05, 0) is 25.7 Å². The van der Waals surface area contributed by atoms with Crippen LogP contribution in [-0.4, -0.2) is 12.3 Å². The zero-order chi connectivity index (χ0) is 10.5.